The van der Waals surface area contributed by atoms with E-state index in [1.807, 2.05) is 6.08 Å². The Morgan fingerprint density at radius 2 is 1.36 bits per heavy atom. The first-order chi connectivity index (χ1) is 16.0. The summed E-state index contributed by atoms with van der Waals surface area (Å²) in [5.41, 5.74) is 0. The highest BCUT2D eigenvalue weighted by Gasteiger charge is 2.44. The van der Waals surface area contributed by atoms with Gasteiger partial charge in [-0.1, -0.05) is 77.6 Å². The largest absolute Gasteiger partial charge is 0.499 e. The summed E-state index contributed by atoms with van der Waals surface area (Å²) in [5, 5.41) is 48.5. The molecule has 0 bridgehead atoms. The lowest BCUT2D eigenvalue weighted by Crippen LogP contribution is -2.59. The number of aliphatic hydroxyl groups excluding tert-OH is 5. The van der Waals surface area contributed by atoms with E-state index in [4.69, 9.17) is 19.3 Å². The van der Waals surface area contributed by atoms with Gasteiger partial charge in [0.2, 0.25) is 0 Å². The predicted octanol–water partition coefficient (Wildman–Crippen LogP) is 2.79. The SMILES string of the molecule is CCCCCCCCCCCCCCC=COCC(O)CO[C@H]1O[C@H](CO)[C@H](O)[C@H](O)[C@H]1O. The molecule has 1 unspecified atom stereocenters. The van der Waals surface area contributed by atoms with Gasteiger partial charge in [0.15, 0.2) is 6.29 Å². The highest BCUT2D eigenvalue weighted by atomic mass is 16.7. The van der Waals surface area contributed by atoms with Gasteiger partial charge in [-0.3, -0.25) is 0 Å². The van der Waals surface area contributed by atoms with Gasteiger partial charge >= 0.3 is 0 Å². The molecule has 33 heavy (non-hydrogen) atoms. The first-order valence-corrected chi connectivity index (χ1v) is 12.9. The van der Waals surface area contributed by atoms with Crippen LogP contribution in [0.25, 0.3) is 0 Å². The smallest absolute Gasteiger partial charge is 0.186 e. The van der Waals surface area contributed by atoms with Crippen molar-refractivity contribution in [3.8, 4) is 0 Å². The zero-order chi connectivity index (χ0) is 24.3. The number of aliphatic hydroxyl groups is 5. The monoisotopic (exact) mass is 476 g/mol. The number of hydrogen-bond acceptors (Lipinski definition) is 8. The van der Waals surface area contributed by atoms with E-state index in [1.54, 1.807) is 6.26 Å². The van der Waals surface area contributed by atoms with E-state index < -0.39 is 43.4 Å². The first kappa shape index (κ1) is 30.3. The lowest BCUT2D eigenvalue weighted by Gasteiger charge is -2.39. The van der Waals surface area contributed by atoms with Crippen molar-refractivity contribution in [2.45, 2.75) is 127 Å². The standard InChI is InChI=1S/C25H48O8/c1-2-3-4-5-6-7-8-9-10-11-12-13-14-15-16-31-18-20(27)19-32-25-24(30)23(29)22(28)21(17-26)33-25/h15-16,20-30H,2-14,17-19H2,1H3/t20?,21-,22+,23+,24-,25+/m1/s1. The Morgan fingerprint density at radius 3 is 1.94 bits per heavy atom. The van der Waals surface area contributed by atoms with Crippen molar-refractivity contribution in [3.63, 3.8) is 0 Å². The van der Waals surface area contributed by atoms with Crippen molar-refractivity contribution in [2.24, 2.45) is 0 Å². The fourth-order valence-electron chi connectivity index (χ4n) is 3.87. The van der Waals surface area contributed by atoms with Gasteiger partial charge in [-0.25, -0.2) is 0 Å². The number of unbranched alkanes of at least 4 members (excludes halogenated alkanes) is 12. The van der Waals surface area contributed by atoms with E-state index in [2.05, 4.69) is 6.92 Å². The Hall–Kier alpha value is -0.740. The molecule has 8 nitrogen and oxygen atoms in total. The summed E-state index contributed by atoms with van der Waals surface area (Å²) in [6, 6.07) is 0. The van der Waals surface area contributed by atoms with E-state index in [0.717, 1.165) is 12.8 Å². The maximum Gasteiger partial charge on any atom is 0.186 e. The zero-order valence-electron chi connectivity index (χ0n) is 20.4. The average Bonchev–Trinajstić information content (AvgIpc) is 2.82. The second kappa shape index (κ2) is 19.6. The fourth-order valence-corrected chi connectivity index (χ4v) is 3.87. The third-order valence-electron chi connectivity index (χ3n) is 6.01. The number of allylic oxidation sites excluding steroid dienone is 1. The Kier molecular flexibility index (Phi) is 17.9. The highest BCUT2D eigenvalue weighted by Crippen LogP contribution is 2.22. The maximum atomic E-state index is 9.94. The molecule has 0 saturated carbocycles. The van der Waals surface area contributed by atoms with Crippen LogP contribution >= 0.6 is 0 Å². The highest BCUT2D eigenvalue weighted by molar-refractivity contribution is 4.89. The molecule has 1 aliphatic rings. The minimum atomic E-state index is -1.50. The van der Waals surface area contributed by atoms with Crippen molar-refractivity contribution in [1.82, 2.24) is 0 Å². The average molecular weight is 477 g/mol. The topological polar surface area (TPSA) is 129 Å². The van der Waals surface area contributed by atoms with Crippen LogP contribution in [0, 0.1) is 0 Å². The molecule has 1 fully saturated rings. The van der Waals surface area contributed by atoms with Crippen molar-refractivity contribution in [3.05, 3.63) is 12.3 Å². The molecule has 1 saturated heterocycles. The predicted molar refractivity (Wildman–Crippen MR) is 127 cm³/mol. The third kappa shape index (κ3) is 13.7. The van der Waals surface area contributed by atoms with Crippen LogP contribution in [0.4, 0.5) is 0 Å². The van der Waals surface area contributed by atoms with Crippen LogP contribution in [0.5, 0.6) is 0 Å². The van der Waals surface area contributed by atoms with E-state index in [-0.39, 0.29) is 13.2 Å². The first-order valence-electron chi connectivity index (χ1n) is 12.9. The molecule has 196 valence electrons. The van der Waals surface area contributed by atoms with Gasteiger partial charge in [-0.15, -0.1) is 0 Å². The van der Waals surface area contributed by atoms with Crippen LogP contribution in [0.2, 0.25) is 0 Å². The molecule has 1 aliphatic heterocycles. The Bertz CT molecular complexity index is 473. The Labute approximate surface area is 199 Å². The maximum absolute atomic E-state index is 9.94. The minimum absolute atomic E-state index is 0.0202. The number of rotatable bonds is 20. The summed E-state index contributed by atoms with van der Waals surface area (Å²) in [4.78, 5) is 0. The number of ether oxygens (including phenoxy) is 3. The second-order valence-corrected chi connectivity index (χ2v) is 9.07. The van der Waals surface area contributed by atoms with Crippen LogP contribution < -0.4 is 0 Å². The van der Waals surface area contributed by atoms with Crippen LogP contribution in [0.3, 0.4) is 0 Å². The van der Waals surface area contributed by atoms with Gasteiger partial charge in [0.05, 0.1) is 19.5 Å². The molecule has 1 heterocycles. The minimum Gasteiger partial charge on any atom is -0.499 e. The van der Waals surface area contributed by atoms with Crippen LogP contribution in [-0.2, 0) is 14.2 Å². The van der Waals surface area contributed by atoms with Crippen LogP contribution in [0.1, 0.15) is 90.4 Å². The molecule has 5 N–H and O–H groups in total. The van der Waals surface area contributed by atoms with E-state index >= 15 is 0 Å². The lowest BCUT2D eigenvalue weighted by molar-refractivity contribution is -0.304. The molecule has 0 spiro atoms. The van der Waals surface area contributed by atoms with Crippen LogP contribution in [0.15, 0.2) is 12.3 Å². The summed E-state index contributed by atoms with van der Waals surface area (Å²) in [7, 11) is 0. The molecule has 0 amide bonds. The molecule has 0 aromatic carbocycles. The molecule has 0 aliphatic carbocycles. The van der Waals surface area contributed by atoms with E-state index in [9.17, 15) is 20.4 Å². The van der Waals surface area contributed by atoms with E-state index in [1.165, 1.54) is 70.6 Å². The summed E-state index contributed by atoms with van der Waals surface area (Å²) in [5.74, 6) is 0. The molecule has 0 radical (unpaired) electrons. The van der Waals surface area contributed by atoms with Gasteiger partial charge in [-0.05, 0) is 18.9 Å². The van der Waals surface area contributed by atoms with Gasteiger partial charge in [0.25, 0.3) is 0 Å². The fraction of sp³-hybridized carbons (Fsp3) is 0.920. The van der Waals surface area contributed by atoms with E-state index in [0.29, 0.717) is 0 Å². The van der Waals surface area contributed by atoms with Gasteiger partial charge in [0, 0.05) is 0 Å². The summed E-state index contributed by atoms with van der Waals surface area (Å²) in [6.45, 7) is 1.56. The summed E-state index contributed by atoms with van der Waals surface area (Å²) < 4.78 is 15.8. The molecule has 8 heteroatoms. The zero-order valence-corrected chi connectivity index (χ0v) is 20.4. The van der Waals surface area contributed by atoms with Crippen molar-refractivity contribution >= 4 is 0 Å². The second-order valence-electron chi connectivity index (χ2n) is 9.07. The van der Waals surface area contributed by atoms with Crippen molar-refractivity contribution in [2.75, 3.05) is 19.8 Å². The van der Waals surface area contributed by atoms with Gasteiger partial charge in [-0.2, -0.15) is 0 Å². The molecule has 0 aromatic heterocycles. The van der Waals surface area contributed by atoms with Crippen molar-refractivity contribution < 1.29 is 39.7 Å². The molecule has 6 atom stereocenters. The van der Waals surface area contributed by atoms with Gasteiger partial charge < -0.3 is 39.7 Å². The van der Waals surface area contributed by atoms with Crippen molar-refractivity contribution in [1.29, 1.82) is 0 Å². The Balaban J connectivity index is 1.95. The molecular formula is C25H48O8. The normalized spacial score (nSPS) is 26.7. The van der Waals surface area contributed by atoms with Crippen LogP contribution in [-0.4, -0.2) is 82.2 Å². The summed E-state index contributed by atoms with van der Waals surface area (Å²) in [6.07, 6.45) is 12.7. The molecular weight excluding hydrogens is 428 g/mol. The number of hydrogen-bond donors (Lipinski definition) is 5. The Morgan fingerprint density at radius 1 is 0.788 bits per heavy atom. The molecule has 0 aromatic rings. The summed E-state index contributed by atoms with van der Waals surface area (Å²) >= 11 is 0. The lowest BCUT2D eigenvalue weighted by atomic mass is 9.99. The molecule has 1 rings (SSSR count). The van der Waals surface area contributed by atoms with Gasteiger partial charge in [0.1, 0.15) is 37.1 Å². The third-order valence-corrected chi connectivity index (χ3v) is 6.01. The quantitative estimate of drug-likeness (QED) is 0.134.